The highest BCUT2D eigenvalue weighted by Gasteiger charge is 2.28. The van der Waals surface area contributed by atoms with Crippen LogP contribution >= 0.6 is 0 Å². The number of aliphatic hydroxyl groups is 1. The highest BCUT2D eigenvalue weighted by atomic mass is 19.4. The molecule has 0 spiro atoms. The lowest BCUT2D eigenvalue weighted by Gasteiger charge is -2.13. The number of aliphatic hydroxyl groups excluding tert-OH is 1. The second-order valence-corrected chi connectivity index (χ2v) is 4.92. The Morgan fingerprint density at radius 2 is 2.14 bits per heavy atom. The van der Waals surface area contributed by atoms with Crippen molar-refractivity contribution in [2.75, 3.05) is 18.5 Å². The van der Waals surface area contributed by atoms with E-state index in [2.05, 4.69) is 10.6 Å². The van der Waals surface area contributed by atoms with E-state index in [0.29, 0.717) is 11.0 Å². The van der Waals surface area contributed by atoms with Crippen LogP contribution in [0.2, 0.25) is 0 Å². The van der Waals surface area contributed by atoms with Crippen molar-refractivity contribution in [1.29, 1.82) is 0 Å². The average Bonchev–Trinajstić information content (AvgIpc) is 2.40. The molecule has 1 atom stereocenters. The van der Waals surface area contributed by atoms with Crippen molar-refractivity contribution in [3.63, 3.8) is 0 Å². The monoisotopic (exact) mass is 321 g/mol. The van der Waals surface area contributed by atoms with Gasteiger partial charge in [0.15, 0.2) is 0 Å². The van der Waals surface area contributed by atoms with E-state index in [0.717, 1.165) is 6.20 Å². The zero-order chi connectivity index (χ0) is 16.8. The van der Waals surface area contributed by atoms with Crippen LogP contribution in [-0.2, 0) is 6.54 Å². The third-order valence-corrected chi connectivity index (χ3v) is 2.85. The second-order valence-electron chi connectivity index (χ2n) is 4.92. The summed E-state index contributed by atoms with van der Waals surface area (Å²) in [5.41, 5.74) is -1.17. The number of nitrogens with zero attached hydrogens (tertiary/aromatic N) is 1. The van der Waals surface area contributed by atoms with E-state index in [4.69, 9.17) is 5.11 Å². The Bertz CT molecular complexity index is 557. The fraction of sp³-hybridized carbons (Fsp3) is 0.538. The number of rotatable bonds is 6. The maximum Gasteiger partial charge on any atom is 0.406 e. The standard InChI is InChI=1S/C13H18F3N3O3/c1-9(4-6-20)7-17-12(22)18-10-3-2-5-19(11(10)21)8-13(14,15)16/h2-3,5,9,20H,4,6-8H2,1H3,(H2,17,18,22). The van der Waals surface area contributed by atoms with Crippen LogP contribution in [0.3, 0.4) is 0 Å². The Labute approximate surface area is 124 Å². The zero-order valence-electron chi connectivity index (χ0n) is 12.0. The number of alkyl halides is 3. The molecule has 1 heterocycles. The molecule has 1 aromatic rings. The van der Waals surface area contributed by atoms with Crippen molar-refractivity contribution in [3.05, 3.63) is 28.7 Å². The van der Waals surface area contributed by atoms with Crippen molar-refractivity contribution in [1.82, 2.24) is 9.88 Å². The number of hydrogen-bond donors (Lipinski definition) is 3. The summed E-state index contributed by atoms with van der Waals surface area (Å²) in [6.45, 7) is 0.660. The van der Waals surface area contributed by atoms with Gasteiger partial charge in [-0.1, -0.05) is 6.92 Å². The summed E-state index contributed by atoms with van der Waals surface area (Å²) in [6.07, 6.45) is -3.02. The van der Waals surface area contributed by atoms with Crippen molar-refractivity contribution in [2.24, 2.45) is 5.92 Å². The Balaban J connectivity index is 2.68. The molecular formula is C13H18F3N3O3. The largest absolute Gasteiger partial charge is 0.406 e. The number of aromatic nitrogens is 1. The zero-order valence-corrected chi connectivity index (χ0v) is 12.0. The van der Waals surface area contributed by atoms with E-state index in [-0.39, 0.29) is 24.8 Å². The third kappa shape index (κ3) is 6.17. The summed E-state index contributed by atoms with van der Waals surface area (Å²) in [7, 11) is 0. The Morgan fingerprint density at radius 3 is 2.73 bits per heavy atom. The normalized spacial score (nSPS) is 12.8. The highest BCUT2D eigenvalue weighted by Crippen LogP contribution is 2.16. The number of nitrogens with one attached hydrogen (secondary N) is 2. The van der Waals surface area contributed by atoms with Gasteiger partial charge in [-0.15, -0.1) is 0 Å². The number of carbonyl (C=O) groups excluding carboxylic acids is 1. The van der Waals surface area contributed by atoms with Gasteiger partial charge in [0.05, 0.1) is 0 Å². The molecule has 1 unspecified atom stereocenters. The fourth-order valence-electron chi connectivity index (χ4n) is 1.71. The average molecular weight is 321 g/mol. The van der Waals surface area contributed by atoms with Crippen LogP contribution in [0.25, 0.3) is 0 Å². The molecule has 3 N–H and O–H groups in total. The van der Waals surface area contributed by atoms with Gasteiger partial charge < -0.3 is 20.3 Å². The molecule has 1 aromatic heterocycles. The van der Waals surface area contributed by atoms with Gasteiger partial charge >= 0.3 is 12.2 Å². The molecule has 0 aliphatic rings. The van der Waals surface area contributed by atoms with Gasteiger partial charge in [0.1, 0.15) is 12.2 Å². The van der Waals surface area contributed by atoms with Gasteiger partial charge in [-0.25, -0.2) is 4.79 Å². The van der Waals surface area contributed by atoms with Crippen LogP contribution < -0.4 is 16.2 Å². The van der Waals surface area contributed by atoms with Crippen molar-refractivity contribution < 1.29 is 23.1 Å². The van der Waals surface area contributed by atoms with Gasteiger partial charge in [0, 0.05) is 19.3 Å². The van der Waals surface area contributed by atoms with Crippen molar-refractivity contribution >= 4 is 11.7 Å². The van der Waals surface area contributed by atoms with Crippen molar-refractivity contribution in [3.8, 4) is 0 Å². The molecule has 0 fully saturated rings. The maximum absolute atomic E-state index is 12.3. The number of urea groups is 1. The van der Waals surface area contributed by atoms with Crippen LogP contribution in [0, 0.1) is 5.92 Å². The van der Waals surface area contributed by atoms with Gasteiger partial charge in [0.25, 0.3) is 5.56 Å². The van der Waals surface area contributed by atoms with Crippen molar-refractivity contribution in [2.45, 2.75) is 26.1 Å². The molecule has 0 aliphatic carbocycles. The Hall–Kier alpha value is -2.03. The summed E-state index contributed by atoms with van der Waals surface area (Å²) in [4.78, 5) is 23.4. The fourth-order valence-corrected chi connectivity index (χ4v) is 1.71. The predicted octanol–water partition coefficient (Wildman–Crippen LogP) is 1.55. The predicted molar refractivity (Wildman–Crippen MR) is 74.6 cm³/mol. The summed E-state index contributed by atoms with van der Waals surface area (Å²) in [5, 5.41) is 13.4. The number of halogens is 3. The number of hydrogen-bond acceptors (Lipinski definition) is 3. The topological polar surface area (TPSA) is 83.4 Å². The first kappa shape index (κ1) is 18.0. The first-order valence-electron chi connectivity index (χ1n) is 6.65. The minimum absolute atomic E-state index is 0.00863. The van der Waals surface area contributed by atoms with Crippen LogP contribution in [0.5, 0.6) is 0 Å². The third-order valence-electron chi connectivity index (χ3n) is 2.85. The minimum Gasteiger partial charge on any atom is -0.396 e. The molecule has 22 heavy (non-hydrogen) atoms. The molecule has 0 aliphatic heterocycles. The van der Waals surface area contributed by atoms with Crippen LogP contribution in [0.15, 0.2) is 23.1 Å². The first-order chi connectivity index (χ1) is 10.2. The summed E-state index contributed by atoms with van der Waals surface area (Å²) < 4.78 is 37.4. The molecule has 0 radical (unpaired) electrons. The van der Waals surface area contributed by atoms with Crippen LogP contribution in [0.4, 0.5) is 23.7 Å². The number of anilines is 1. The SMILES string of the molecule is CC(CCO)CNC(=O)Nc1cccn(CC(F)(F)F)c1=O. The minimum atomic E-state index is -4.52. The van der Waals surface area contributed by atoms with E-state index in [1.807, 2.05) is 6.92 Å². The molecule has 6 nitrogen and oxygen atoms in total. The lowest BCUT2D eigenvalue weighted by molar-refractivity contribution is -0.141. The number of pyridine rings is 1. The molecule has 124 valence electrons. The van der Waals surface area contributed by atoms with E-state index < -0.39 is 24.3 Å². The number of carbonyl (C=O) groups is 1. The quantitative estimate of drug-likeness (QED) is 0.743. The van der Waals surface area contributed by atoms with E-state index in [1.165, 1.54) is 12.1 Å². The Morgan fingerprint density at radius 1 is 1.45 bits per heavy atom. The molecule has 0 bridgehead atoms. The van der Waals surface area contributed by atoms with E-state index in [9.17, 15) is 22.8 Å². The summed E-state index contributed by atoms with van der Waals surface area (Å²) in [5.74, 6) is 0.0356. The second kappa shape index (κ2) is 7.83. The van der Waals surface area contributed by atoms with Crippen LogP contribution in [-0.4, -0.2) is 35.0 Å². The lowest BCUT2D eigenvalue weighted by atomic mass is 10.1. The first-order valence-corrected chi connectivity index (χ1v) is 6.65. The van der Waals surface area contributed by atoms with E-state index in [1.54, 1.807) is 0 Å². The van der Waals surface area contributed by atoms with E-state index >= 15 is 0 Å². The maximum atomic E-state index is 12.3. The summed E-state index contributed by atoms with van der Waals surface area (Å²) in [6, 6.07) is 1.79. The van der Waals surface area contributed by atoms with Gasteiger partial charge in [-0.3, -0.25) is 4.79 Å². The molecule has 0 saturated heterocycles. The smallest absolute Gasteiger partial charge is 0.396 e. The van der Waals surface area contributed by atoms with Gasteiger partial charge in [-0.05, 0) is 24.5 Å². The molecule has 0 aromatic carbocycles. The molecule has 0 saturated carbocycles. The molecule has 9 heteroatoms. The molecular weight excluding hydrogens is 303 g/mol. The van der Waals surface area contributed by atoms with Gasteiger partial charge in [0.2, 0.25) is 0 Å². The number of amides is 2. The lowest BCUT2D eigenvalue weighted by Crippen LogP contribution is -2.36. The highest BCUT2D eigenvalue weighted by molar-refractivity contribution is 5.88. The summed E-state index contributed by atoms with van der Waals surface area (Å²) >= 11 is 0. The molecule has 1 rings (SSSR count). The Kier molecular flexibility index (Phi) is 6.41. The molecule has 2 amide bonds. The van der Waals surface area contributed by atoms with Crippen LogP contribution in [0.1, 0.15) is 13.3 Å². The van der Waals surface area contributed by atoms with Gasteiger partial charge in [-0.2, -0.15) is 13.2 Å².